The number of nitrogens with zero attached hydrogens (tertiary/aromatic N) is 2. The number of carboxylic acids is 1. The van der Waals surface area contributed by atoms with E-state index < -0.39 is 5.97 Å². The molecule has 2 aromatic rings. The van der Waals surface area contributed by atoms with E-state index in [0.29, 0.717) is 28.1 Å². The SMILES string of the molecule is CCOc1nc(C(=O)O)nc(C)c1Oc1ccc(Cl)cc1Cl. The third-order valence-electron chi connectivity index (χ3n) is 2.58. The first-order chi connectivity index (χ1) is 10.4. The first-order valence-electron chi connectivity index (χ1n) is 6.30. The van der Waals surface area contributed by atoms with Crippen LogP contribution in [0.5, 0.6) is 17.4 Å². The van der Waals surface area contributed by atoms with Gasteiger partial charge in [0.15, 0.2) is 0 Å². The topological polar surface area (TPSA) is 81.5 Å². The Balaban J connectivity index is 2.47. The van der Waals surface area contributed by atoms with E-state index >= 15 is 0 Å². The molecule has 0 fully saturated rings. The standard InChI is InChI=1S/C14H12Cl2N2O4/c1-3-21-13-11(7(2)17-12(18-13)14(19)20)22-10-5-4-8(15)6-9(10)16/h4-6H,3H2,1-2H3,(H,19,20). The van der Waals surface area contributed by atoms with Crippen molar-refractivity contribution in [2.75, 3.05) is 6.61 Å². The number of aromatic carboxylic acids is 1. The molecule has 22 heavy (non-hydrogen) atoms. The lowest BCUT2D eigenvalue weighted by atomic mass is 10.3. The fourth-order valence-corrected chi connectivity index (χ4v) is 2.10. The number of aryl methyl sites for hydroxylation is 1. The van der Waals surface area contributed by atoms with Crippen molar-refractivity contribution < 1.29 is 19.4 Å². The minimum Gasteiger partial charge on any atom is -0.475 e. The van der Waals surface area contributed by atoms with Crippen molar-refractivity contribution in [3.63, 3.8) is 0 Å². The molecule has 2 rings (SSSR count). The molecule has 0 atom stereocenters. The van der Waals surface area contributed by atoms with Gasteiger partial charge in [0.05, 0.1) is 17.3 Å². The van der Waals surface area contributed by atoms with E-state index in [1.165, 1.54) is 6.07 Å². The summed E-state index contributed by atoms with van der Waals surface area (Å²) in [6.45, 7) is 3.63. The maximum atomic E-state index is 11.0. The summed E-state index contributed by atoms with van der Waals surface area (Å²) in [7, 11) is 0. The van der Waals surface area contributed by atoms with Crippen molar-refractivity contribution in [3.8, 4) is 17.4 Å². The summed E-state index contributed by atoms with van der Waals surface area (Å²) < 4.78 is 11.0. The predicted octanol–water partition coefficient (Wildman–Crippen LogP) is 3.98. The summed E-state index contributed by atoms with van der Waals surface area (Å²) in [6.07, 6.45) is 0. The quantitative estimate of drug-likeness (QED) is 0.884. The summed E-state index contributed by atoms with van der Waals surface area (Å²) in [5, 5.41) is 9.77. The van der Waals surface area contributed by atoms with E-state index in [1.54, 1.807) is 26.0 Å². The number of hydrogen-bond donors (Lipinski definition) is 1. The molecule has 1 aromatic carbocycles. The monoisotopic (exact) mass is 342 g/mol. The van der Waals surface area contributed by atoms with E-state index in [9.17, 15) is 4.79 Å². The molecular formula is C14H12Cl2N2O4. The van der Waals surface area contributed by atoms with E-state index in [0.717, 1.165) is 0 Å². The maximum absolute atomic E-state index is 11.0. The molecule has 0 aliphatic carbocycles. The Kier molecular flexibility index (Phi) is 5.05. The van der Waals surface area contributed by atoms with Crippen LogP contribution in [-0.4, -0.2) is 27.7 Å². The predicted molar refractivity (Wildman–Crippen MR) is 81.4 cm³/mol. The molecule has 0 spiro atoms. The van der Waals surface area contributed by atoms with Crippen molar-refractivity contribution >= 4 is 29.2 Å². The lowest BCUT2D eigenvalue weighted by Crippen LogP contribution is -2.09. The van der Waals surface area contributed by atoms with Crippen molar-refractivity contribution in [1.82, 2.24) is 9.97 Å². The number of aromatic nitrogens is 2. The molecule has 1 aromatic heterocycles. The van der Waals surface area contributed by atoms with Crippen molar-refractivity contribution in [2.24, 2.45) is 0 Å². The number of hydrogen-bond acceptors (Lipinski definition) is 5. The van der Waals surface area contributed by atoms with Crippen LogP contribution in [0, 0.1) is 6.92 Å². The highest BCUT2D eigenvalue weighted by atomic mass is 35.5. The number of rotatable bonds is 5. The first kappa shape index (κ1) is 16.3. The third-order valence-corrected chi connectivity index (χ3v) is 3.11. The molecule has 0 bridgehead atoms. The molecule has 0 saturated heterocycles. The molecule has 1 N–H and O–H groups in total. The molecule has 0 unspecified atom stereocenters. The van der Waals surface area contributed by atoms with Crippen LogP contribution in [0.25, 0.3) is 0 Å². The van der Waals surface area contributed by atoms with E-state index in [2.05, 4.69) is 9.97 Å². The molecule has 0 aliphatic rings. The van der Waals surface area contributed by atoms with Crippen LogP contribution in [0.15, 0.2) is 18.2 Å². The Bertz CT molecular complexity index is 722. The van der Waals surface area contributed by atoms with Gasteiger partial charge >= 0.3 is 5.97 Å². The van der Waals surface area contributed by atoms with Gasteiger partial charge in [0.1, 0.15) is 5.75 Å². The van der Waals surface area contributed by atoms with Gasteiger partial charge in [0.2, 0.25) is 11.6 Å². The third kappa shape index (κ3) is 3.58. The van der Waals surface area contributed by atoms with Gasteiger partial charge in [0, 0.05) is 5.02 Å². The highest BCUT2D eigenvalue weighted by molar-refractivity contribution is 6.35. The average Bonchev–Trinajstić information content (AvgIpc) is 2.44. The van der Waals surface area contributed by atoms with Crippen LogP contribution < -0.4 is 9.47 Å². The van der Waals surface area contributed by atoms with Gasteiger partial charge in [-0.1, -0.05) is 23.2 Å². The van der Waals surface area contributed by atoms with Gasteiger partial charge in [-0.15, -0.1) is 0 Å². The first-order valence-corrected chi connectivity index (χ1v) is 7.05. The van der Waals surface area contributed by atoms with Crippen LogP contribution in [0.3, 0.4) is 0 Å². The summed E-state index contributed by atoms with van der Waals surface area (Å²) in [6, 6.07) is 4.73. The molecule has 6 nitrogen and oxygen atoms in total. The van der Waals surface area contributed by atoms with Crippen LogP contribution in [0.1, 0.15) is 23.2 Å². The normalized spacial score (nSPS) is 10.4. The molecule has 0 saturated carbocycles. The Morgan fingerprint density at radius 2 is 2.05 bits per heavy atom. The molecule has 8 heteroatoms. The molecule has 116 valence electrons. The number of ether oxygens (including phenoxy) is 2. The second kappa shape index (κ2) is 6.81. The smallest absolute Gasteiger partial charge is 0.374 e. The summed E-state index contributed by atoms with van der Waals surface area (Å²) in [5.74, 6) is -1.04. The van der Waals surface area contributed by atoms with Crippen LogP contribution >= 0.6 is 23.2 Å². The van der Waals surface area contributed by atoms with Crippen LogP contribution in [0.4, 0.5) is 0 Å². The van der Waals surface area contributed by atoms with Crippen molar-refractivity contribution in [2.45, 2.75) is 13.8 Å². The zero-order valence-corrected chi connectivity index (χ0v) is 13.3. The Labute approximate surface area is 136 Å². The lowest BCUT2D eigenvalue weighted by molar-refractivity contribution is 0.0681. The number of carboxylic acid groups (broad SMARTS) is 1. The number of halogens is 2. The average molecular weight is 343 g/mol. The largest absolute Gasteiger partial charge is 0.475 e. The van der Waals surface area contributed by atoms with Crippen LogP contribution in [0.2, 0.25) is 10.0 Å². The van der Waals surface area contributed by atoms with Gasteiger partial charge in [-0.05, 0) is 32.0 Å². The molecular weight excluding hydrogens is 331 g/mol. The van der Waals surface area contributed by atoms with Gasteiger partial charge in [-0.25, -0.2) is 9.78 Å². The van der Waals surface area contributed by atoms with Gasteiger partial charge in [-0.3, -0.25) is 0 Å². The van der Waals surface area contributed by atoms with Gasteiger partial charge in [-0.2, -0.15) is 4.98 Å². The minimum absolute atomic E-state index is 0.0402. The molecule has 0 radical (unpaired) electrons. The van der Waals surface area contributed by atoms with E-state index in [4.69, 9.17) is 37.8 Å². The molecule has 1 heterocycles. The molecule has 0 aliphatic heterocycles. The number of benzene rings is 1. The summed E-state index contributed by atoms with van der Waals surface area (Å²) >= 11 is 11.9. The Hall–Kier alpha value is -2.05. The van der Waals surface area contributed by atoms with Gasteiger partial charge in [0.25, 0.3) is 5.88 Å². The second-order valence-electron chi connectivity index (χ2n) is 4.18. The van der Waals surface area contributed by atoms with Gasteiger partial charge < -0.3 is 14.6 Å². The van der Waals surface area contributed by atoms with Crippen molar-refractivity contribution in [3.05, 3.63) is 39.8 Å². The minimum atomic E-state index is -1.25. The Morgan fingerprint density at radius 3 is 2.64 bits per heavy atom. The number of carbonyl (C=O) groups is 1. The lowest BCUT2D eigenvalue weighted by Gasteiger charge is -2.14. The summed E-state index contributed by atoms with van der Waals surface area (Å²) in [5.41, 5.74) is 0.321. The maximum Gasteiger partial charge on any atom is 0.374 e. The Morgan fingerprint density at radius 1 is 1.32 bits per heavy atom. The summed E-state index contributed by atoms with van der Waals surface area (Å²) in [4.78, 5) is 18.7. The van der Waals surface area contributed by atoms with Crippen molar-refractivity contribution in [1.29, 1.82) is 0 Å². The zero-order chi connectivity index (χ0) is 16.3. The van der Waals surface area contributed by atoms with E-state index in [-0.39, 0.29) is 17.5 Å². The van der Waals surface area contributed by atoms with Crippen LogP contribution in [-0.2, 0) is 0 Å². The fourth-order valence-electron chi connectivity index (χ4n) is 1.65. The second-order valence-corrected chi connectivity index (χ2v) is 5.03. The fraction of sp³-hybridized carbons (Fsp3) is 0.214. The zero-order valence-electron chi connectivity index (χ0n) is 11.8. The highest BCUT2D eigenvalue weighted by Gasteiger charge is 2.19. The highest BCUT2D eigenvalue weighted by Crippen LogP contribution is 2.36. The van der Waals surface area contributed by atoms with E-state index in [1.807, 2.05) is 0 Å². The molecule has 0 amide bonds.